The van der Waals surface area contributed by atoms with Gasteiger partial charge in [-0.2, -0.15) is 9.50 Å². The van der Waals surface area contributed by atoms with Gasteiger partial charge in [0.05, 0.1) is 9.92 Å². The molecule has 7 nitrogen and oxygen atoms in total. The van der Waals surface area contributed by atoms with Gasteiger partial charge in [-0.1, -0.05) is 70.6 Å². The maximum Gasteiger partial charge on any atom is 0.291 e. The number of thiazole rings is 1. The summed E-state index contributed by atoms with van der Waals surface area (Å²) in [5.41, 5.74) is 3.54. The third-order valence-electron chi connectivity index (χ3n) is 5.45. The van der Waals surface area contributed by atoms with Crippen LogP contribution in [0.5, 0.6) is 5.75 Å². The molecule has 166 valence electrons. The zero-order valence-corrected chi connectivity index (χ0v) is 19.0. The second-order valence-corrected chi connectivity index (χ2v) is 8.90. The summed E-state index contributed by atoms with van der Waals surface area (Å²) in [6.45, 7) is 2.22. The number of rotatable bonds is 5. The van der Waals surface area contributed by atoms with Gasteiger partial charge in [-0.05, 0) is 42.8 Å². The number of hydrogen-bond acceptors (Lipinski definition) is 7. The summed E-state index contributed by atoms with van der Waals surface area (Å²) in [4.78, 5) is 17.9. The van der Waals surface area contributed by atoms with Crippen molar-refractivity contribution in [2.45, 2.75) is 13.5 Å². The molecule has 3 aromatic heterocycles. The van der Waals surface area contributed by atoms with Gasteiger partial charge in [0.1, 0.15) is 17.9 Å². The van der Waals surface area contributed by atoms with Crippen LogP contribution in [0.15, 0.2) is 82.1 Å². The highest BCUT2D eigenvalue weighted by atomic mass is 32.1. The first-order valence-corrected chi connectivity index (χ1v) is 11.5. The zero-order chi connectivity index (χ0) is 23.1. The van der Waals surface area contributed by atoms with Crippen LogP contribution in [-0.4, -0.2) is 19.8 Å². The van der Waals surface area contributed by atoms with E-state index in [4.69, 9.17) is 9.26 Å². The van der Waals surface area contributed by atoms with Gasteiger partial charge in [-0.15, -0.1) is 5.10 Å². The highest BCUT2D eigenvalue weighted by molar-refractivity contribution is 7.15. The van der Waals surface area contributed by atoms with Crippen molar-refractivity contribution in [3.63, 3.8) is 0 Å². The molecule has 0 aliphatic carbocycles. The van der Waals surface area contributed by atoms with Crippen LogP contribution in [0.2, 0.25) is 0 Å². The lowest BCUT2D eigenvalue weighted by atomic mass is 10.1. The number of benzene rings is 3. The lowest BCUT2D eigenvalue weighted by molar-refractivity contribution is 0.296. The van der Waals surface area contributed by atoms with Gasteiger partial charge in [0.25, 0.3) is 5.56 Å². The molecule has 0 fully saturated rings. The summed E-state index contributed by atoms with van der Waals surface area (Å²) in [5.74, 6) is 1.90. The summed E-state index contributed by atoms with van der Waals surface area (Å²) in [5, 5.41) is 9.38. The van der Waals surface area contributed by atoms with Gasteiger partial charge >= 0.3 is 0 Å². The van der Waals surface area contributed by atoms with E-state index in [1.165, 1.54) is 15.9 Å². The predicted octanol–water partition coefficient (Wildman–Crippen LogP) is 4.39. The zero-order valence-electron chi connectivity index (χ0n) is 18.1. The molecule has 0 spiro atoms. The van der Waals surface area contributed by atoms with Gasteiger partial charge in [-0.3, -0.25) is 4.79 Å². The first-order chi connectivity index (χ1) is 16.6. The largest absolute Gasteiger partial charge is 0.486 e. The number of fused-ring (bicyclic) bond motifs is 2. The number of ether oxygens (including phenoxy) is 1. The molecule has 0 aliphatic heterocycles. The van der Waals surface area contributed by atoms with Crippen LogP contribution in [0.3, 0.4) is 0 Å². The molecule has 34 heavy (non-hydrogen) atoms. The highest BCUT2D eigenvalue weighted by Crippen LogP contribution is 2.29. The summed E-state index contributed by atoms with van der Waals surface area (Å²) in [6, 6.07) is 23.4. The lowest BCUT2D eigenvalue weighted by Gasteiger charge is -2.03. The quantitative estimate of drug-likeness (QED) is 0.375. The summed E-state index contributed by atoms with van der Waals surface area (Å²) >= 11 is 1.30. The van der Waals surface area contributed by atoms with Crippen LogP contribution in [0, 0.1) is 6.92 Å². The Balaban J connectivity index is 1.31. The predicted molar refractivity (Wildman–Crippen MR) is 131 cm³/mol. The second kappa shape index (κ2) is 8.24. The number of aryl methyl sites for hydroxylation is 1. The van der Waals surface area contributed by atoms with E-state index >= 15 is 0 Å². The van der Waals surface area contributed by atoms with Crippen molar-refractivity contribution in [3.05, 3.63) is 105 Å². The van der Waals surface area contributed by atoms with E-state index in [2.05, 4.69) is 15.2 Å². The van der Waals surface area contributed by atoms with Crippen LogP contribution in [0.25, 0.3) is 33.3 Å². The topological polar surface area (TPSA) is 82.5 Å². The highest BCUT2D eigenvalue weighted by Gasteiger charge is 2.13. The molecule has 0 saturated heterocycles. The van der Waals surface area contributed by atoms with Gasteiger partial charge in [0.15, 0.2) is 11.6 Å². The monoisotopic (exact) mass is 466 g/mol. The van der Waals surface area contributed by atoms with Crippen molar-refractivity contribution >= 4 is 33.3 Å². The third-order valence-corrected chi connectivity index (χ3v) is 6.41. The van der Waals surface area contributed by atoms with Crippen molar-refractivity contribution in [3.8, 4) is 17.1 Å². The van der Waals surface area contributed by atoms with Crippen molar-refractivity contribution in [2.24, 2.45) is 0 Å². The van der Waals surface area contributed by atoms with E-state index in [-0.39, 0.29) is 12.2 Å². The maximum absolute atomic E-state index is 12.9. The van der Waals surface area contributed by atoms with Crippen LogP contribution < -0.4 is 14.8 Å². The Kier molecular flexibility index (Phi) is 4.92. The summed E-state index contributed by atoms with van der Waals surface area (Å²) in [6.07, 6.45) is 1.84. The van der Waals surface area contributed by atoms with E-state index in [1.54, 1.807) is 0 Å². The molecule has 6 rings (SSSR count). The molecule has 0 amide bonds. The number of hydrogen-bond donors (Lipinski definition) is 0. The molecule has 0 aliphatic rings. The van der Waals surface area contributed by atoms with E-state index in [0.717, 1.165) is 33.3 Å². The van der Waals surface area contributed by atoms with E-state index < -0.39 is 0 Å². The number of nitrogens with zero attached hydrogens (tertiary/aromatic N) is 4. The molecule has 6 aromatic rings. The van der Waals surface area contributed by atoms with Crippen molar-refractivity contribution in [1.29, 1.82) is 0 Å². The van der Waals surface area contributed by atoms with Crippen LogP contribution in [0.4, 0.5) is 0 Å². The summed E-state index contributed by atoms with van der Waals surface area (Å²) in [7, 11) is 0. The van der Waals surface area contributed by atoms with Crippen LogP contribution in [-0.2, 0) is 6.61 Å². The van der Waals surface area contributed by atoms with Crippen molar-refractivity contribution in [1.82, 2.24) is 19.8 Å². The molecule has 8 heteroatoms. The van der Waals surface area contributed by atoms with E-state index in [1.807, 2.05) is 85.8 Å². The molecule has 0 saturated carbocycles. The van der Waals surface area contributed by atoms with Crippen molar-refractivity contribution < 1.29 is 9.26 Å². The molecule has 0 N–H and O–H groups in total. The Morgan fingerprint density at radius 1 is 1.06 bits per heavy atom. The van der Waals surface area contributed by atoms with Gasteiger partial charge in [0, 0.05) is 5.56 Å². The molecular formula is C26H18N4O3S. The Morgan fingerprint density at radius 2 is 1.88 bits per heavy atom. The SMILES string of the molecule is Cc1ccc(OCc2nc3sc(=Cc4ccc5noc(-c6ccccc6)c5c4)c(=O)n3n2)cc1. The molecular weight excluding hydrogens is 448 g/mol. The average Bonchev–Trinajstić information content (AvgIpc) is 3.54. The summed E-state index contributed by atoms with van der Waals surface area (Å²) < 4.78 is 13.2. The minimum atomic E-state index is -0.206. The van der Waals surface area contributed by atoms with Crippen LogP contribution in [0.1, 0.15) is 17.0 Å². The first kappa shape index (κ1) is 20.3. The third kappa shape index (κ3) is 3.74. The Hall–Kier alpha value is -4.30. The van der Waals surface area contributed by atoms with Gasteiger partial charge in [0.2, 0.25) is 4.96 Å². The van der Waals surface area contributed by atoms with Crippen LogP contribution >= 0.6 is 11.3 Å². The molecule has 3 heterocycles. The fourth-order valence-corrected chi connectivity index (χ4v) is 4.64. The second-order valence-electron chi connectivity index (χ2n) is 7.89. The van der Waals surface area contributed by atoms with E-state index in [0.29, 0.717) is 21.1 Å². The van der Waals surface area contributed by atoms with Gasteiger partial charge in [-0.25, -0.2) is 0 Å². The van der Waals surface area contributed by atoms with Gasteiger partial charge < -0.3 is 9.26 Å². The fourth-order valence-electron chi connectivity index (χ4n) is 3.72. The first-order valence-electron chi connectivity index (χ1n) is 10.7. The van der Waals surface area contributed by atoms with Crippen molar-refractivity contribution in [2.75, 3.05) is 0 Å². The average molecular weight is 467 g/mol. The minimum absolute atomic E-state index is 0.197. The maximum atomic E-state index is 12.9. The standard InChI is InChI=1S/C26H18N4O3S/c1-16-7-10-19(11-8-16)32-15-23-27-26-30(28-23)25(31)22(34-26)14-17-9-12-21-20(13-17)24(33-29-21)18-5-3-2-4-6-18/h2-14H,15H2,1H3. The minimum Gasteiger partial charge on any atom is -0.486 e. The molecule has 0 radical (unpaired) electrons. The Labute approximate surface area is 197 Å². The van der Waals surface area contributed by atoms with E-state index in [9.17, 15) is 4.79 Å². The lowest BCUT2D eigenvalue weighted by Crippen LogP contribution is -2.23. The Bertz CT molecular complexity index is 1730. The molecule has 0 bridgehead atoms. The Morgan fingerprint density at radius 3 is 2.68 bits per heavy atom. The molecule has 3 aromatic carbocycles. The normalized spacial score (nSPS) is 12.1. The fraction of sp³-hybridized carbons (Fsp3) is 0.0769. The molecule has 0 unspecified atom stereocenters. The molecule has 0 atom stereocenters. The number of aromatic nitrogens is 4. The smallest absolute Gasteiger partial charge is 0.291 e.